The quantitative estimate of drug-likeness (QED) is 0.509. The molecule has 0 amide bonds. The molecule has 1 heterocycles. The number of nitrogens with two attached hydrogens (primary N) is 1. The Bertz CT molecular complexity index is 750. The first-order valence-corrected chi connectivity index (χ1v) is 7.30. The summed E-state index contributed by atoms with van der Waals surface area (Å²) >= 11 is 11.2. The monoisotopic (exact) mass is 336 g/mol. The maximum Gasteiger partial charge on any atom is 0.265 e. The Morgan fingerprint density at radius 3 is 2.55 bits per heavy atom. The van der Waals surface area contributed by atoms with Crippen molar-refractivity contribution >= 4 is 44.7 Å². The molecular weight excluding hydrogens is 330 g/mol. The van der Waals surface area contributed by atoms with Crippen LogP contribution in [0.25, 0.3) is 0 Å². The van der Waals surface area contributed by atoms with Crippen LogP contribution in [0.2, 0.25) is 10.4 Å². The highest BCUT2D eigenvalue weighted by molar-refractivity contribution is 7.92. The number of nitrogens with zero attached hydrogens (tertiary/aromatic N) is 2. The molecular formula is C10H7Cl2FN4O2S. The van der Waals surface area contributed by atoms with Crippen LogP contribution >= 0.6 is 23.2 Å². The first kappa shape index (κ1) is 14.8. The molecule has 0 spiro atoms. The highest BCUT2D eigenvalue weighted by atomic mass is 35.5. The fraction of sp³-hybridized carbons (Fsp3) is 0. The van der Waals surface area contributed by atoms with E-state index in [0.717, 1.165) is 24.3 Å². The third-order valence-electron chi connectivity index (χ3n) is 2.17. The summed E-state index contributed by atoms with van der Waals surface area (Å²) in [5.74, 6) is -0.892. The molecule has 3 N–H and O–H groups in total. The van der Waals surface area contributed by atoms with E-state index in [2.05, 4.69) is 14.7 Å². The van der Waals surface area contributed by atoms with E-state index in [1.807, 2.05) is 0 Å². The Kier molecular flexibility index (Phi) is 3.98. The fourth-order valence-electron chi connectivity index (χ4n) is 1.38. The highest BCUT2D eigenvalue weighted by Crippen LogP contribution is 2.23. The molecule has 0 bridgehead atoms. The summed E-state index contributed by atoms with van der Waals surface area (Å²) in [7, 11) is -4.12. The Morgan fingerprint density at radius 1 is 1.20 bits per heavy atom. The topological polar surface area (TPSA) is 98.0 Å². The third-order valence-corrected chi connectivity index (χ3v) is 3.94. The third kappa shape index (κ3) is 3.27. The minimum absolute atomic E-state index is 0.0464. The number of nitrogen functional groups attached to an aromatic ring is 1. The lowest BCUT2D eigenvalue weighted by atomic mass is 10.3. The van der Waals surface area contributed by atoms with Crippen molar-refractivity contribution in [3.63, 3.8) is 0 Å². The highest BCUT2D eigenvalue weighted by Gasteiger charge is 2.19. The molecule has 0 radical (unpaired) electrons. The molecule has 0 saturated heterocycles. The SMILES string of the molecule is Nc1ccc(F)cc1S(=O)(=O)Nc1cc(Cl)nc(Cl)n1. The minimum Gasteiger partial charge on any atom is -0.398 e. The van der Waals surface area contributed by atoms with Crippen LogP contribution in [0.15, 0.2) is 29.2 Å². The van der Waals surface area contributed by atoms with E-state index in [1.165, 1.54) is 0 Å². The molecule has 0 aliphatic carbocycles. The molecule has 2 aromatic rings. The van der Waals surface area contributed by atoms with Crippen LogP contribution in [0, 0.1) is 5.82 Å². The van der Waals surface area contributed by atoms with Gasteiger partial charge in [-0.05, 0) is 29.8 Å². The van der Waals surface area contributed by atoms with Gasteiger partial charge in [0.05, 0.1) is 5.69 Å². The number of rotatable bonds is 3. The summed E-state index contributed by atoms with van der Waals surface area (Å²) in [4.78, 5) is 6.80. The zero-order valence-electron chi connectivity index (χ0n) is 9.64. The normalized spacial score (nSPS) is 11.3. The number of sulfonamides is 1. The van der Waals surface area contributed by atoms with E-state index < -0.39 is 20.7 Å². The standard InChI is InChI=1S/C10H7Cl2FN4O2S/c11-8-4-9(16-10(12)15-8)17-20(18,19)7-3-5(13)1-2-6(7)14/h1-4H,14H2,(H,15,16,17). The largest absolute Gasteiger partial charge is 0.398 e. The van der Waals surface area contributed by atoms with Gasteiger partial charge in [0.2, 0.25) is 5.28 Å². The molecule has 0 fully saturated rings. The van der Waals surface area contributed by atoms with Crippen LogP contribution in [-0.2, 0) is 10.0 Å². The maximum atomic E-state index is 13.1. The average molecular weight is 337 g/mol. The second kappa shape index (κ2) is 5.39. The van der Waals surface area contributed by atoms with Gasteiger partial charge in [0, 0.05) is 6.07 Å². The van der Waals surface area contributed by atoms with Crippen molar-refractivity contribution < 1.29 is 12.8 Å². The summed E-state index contributed by atoms with van der Waals surface area (Å²) in [6, 6.07) is 4.14. The van der Waals surface area contributed by atoms with E-state index >= 15 is 0 Å². The summed E-state index contributed by atoms with van der Waals surface area (Å²) in [5, 5.41) is -0.280. The second-order valence-corrected chi connectivity index (χ2v) is 6.01. The van der Waals surface area contributed by atoms with Crippen molar-refractivity contribution in [1.29, 1.82) is 0 Å². The van der Waals surface area contributed by atoms with Crippen molar-refractivity contribution in [2.75, 3.05) is 10.5 Å². The fourth-order valence-corrected chi connectivity index (χ4v) is 2.92. The molecule has 20 heavy (non-hydrogen) atoms. The van der Waals surface area contributed by atoms with Gasteiger partial charge in [0.25, 0.3) is 10.0 Å². The van der Waals surface area contributed by atoms with Gasteiger partial charge in [0.1, 0.15) is 21.7 Å². The number of anilines is 2. The van der Waals surface area contributed by atoms with E-state index in [1.54, 1.807) is 0 Å². The van der Waals surface area contributed by atoms with Gasteiger partial charge in [-0.15, -0.1) is 0 Å². The Balaban J connectivity index is 2.43. The van der Waals surface area contributed by atoms with Crippen molar-refractivity contribution in [2.45, 2.75) is 4.90 Å². The summed E-state index contributed by atoms with van der Waals surface area (Å²) in [5.41, 5.74) is 5.41. The van der Waals surface area contributed by atoms with E-state index in [0.29, 0.717) is 0 Å². The Morgan fingerprint density at radius 2 is 1.90 bits per heavy atom. The lowest BCUT2D eigenvalue weighted by Gasteiger charge is -2.09. The van der Waals surface area contributed by atoms with Gasteiger partial charge in [-0.25, -0.2) is 17.8 Å². The van der Waals surface area contributed by atoms with Gasteiger partial charge >= 0.3 is 0 Å². The van der Waals surface area contributed by atoms with Crippen molar-refractivity contribution in [3.8, 4) is 0 Å². The number of nitrogens with one attached hydrogen (secondary N) is 1. The molecule has 106 valence electrons. The van der Waals surface area contributed by atoms with Gasteiger partial charge in [-0.3, -0.25) is 4.72 Å². The number of hydrogen-bond acceptors (Lipinski definition) is 5. The van der Waals surface area contributed by atoms with Crippen LogP contribution < -0.4 is 10.5 Å². The lowest BCUT2D eigenvalue weighted by Crippen LogP contribution is -2.16. The molecule has 0 aliphatic heterocycles. The molecule has 0 atom stereocenters. The smallest absolute Gasteiger partial charge is 0.265 e. The summed E-state index contributed by atoms with van der Waals surface area (Å²) in [6.07, 6.45) is 0. The van der Waals surface area contributed by atoms with Crippen LogP contribution in [0.4, 0.5) is 15.9 Å². The zero-order chi connectivity index (χ0) is 14.9. The van der Waals surface area contributed by atoms with Gasteiger partial charge < -0.3 is 5.73 Å². The second-order valence-electron chi connectivity index (χ2n) is 3.63. The number of halogens is 3. The lowest BCUT2D eigenvalue weighted by molar-refractivity contribution is 0.596. The first-order valence-electron chi connectivity index (χ1n) is 5.06. The number of benzene rings is 1. The molecule has 0 saturated carbocycles. The molecule has 2 rings (SSSR count). The van der Waals surface area contributed by atoms with Crippen LogP contribution in [0.3, 0.4) is 0 Å². The minimum atomic E-state index is -4.12. The predicted molar refractivity (Wildman–Crippen MR) is 73.7 cm³/mol. The van der Waals surface area contributed by atoms with Gasteiger partial charge in [0.15, 0.2) is 0 Å². The molecule has 6 nitrogen and oxygen atoms in total. The maximum absolute atomic E-state index is 13.1. The molecule has 1 aromatic carbocycles. The molecule has 0 aliphatic rings. The zero-order valence-corrected chi connectivity index (χ0v) is 12.0. The summed E-state index contributed by atoms with van der Waals surface area (Å²) in [6.45, 7) is 0. The van der Waals surface area contributed by atoms with Crippen LogP contribution in [0.1, 0.15) is 0 Å². The molecule has 0 unspecified atom stereocenters. The predicted octanol–water partition coefficient (Wildman–Crippen LogP) is 2.31. The van der Waals surface area contributed by atoms with Crippen molar-refractivity contribution in [3.05, 3.63) is 40.5 Å². The van der Waals surface area contributed by atoms with Gasteiger partial charge in [-0.1, -0.05) is 11.6 Å². The average Bonchev–Trinajstić information content (AvgIpc) is 2.30. The van der Waals surface area contributed by atoms with E-state index in [-0.39, 0.29) is 21.9 Å². The first-order chi connectivity index (χ1) is 9.28. The Labute approximate surface area is 123 Å². The van der Waals surface area contributed by atoms with E-state index in [9.17, 15) is 12.8 Å². The van der Waals surface area contributed by atoms with Crippen molar-refractivity contribution in [1.82, 2.24) is 9.97 Å². The van der Waals surface area contributed by atoms with Crippen molar-refractivity contribution in [2.24, 2.45) is 0 Å². The molecule has 1 aromatic heterocycles. The molecule has 10 heteroatoms. The van der Waals surface area contributed by atoms with Gasteiger partial charge in [-0.2, -0.15) is 4.98 Å². The van der Waals surface area contributed by atoms with Crippen LogP contribution in [0.5, 0.6) is 0 Å². The summed E-state index contributed by atoms with van der Waals surface area (Å²) < 4.78 is 39.4. The number of hydrogen-bond donors (Lipinski definition) is 2. The van der Waals surface area contributed by atoms with Crippen LogP contribution in [-0.4, -0.2) is 18.4 Å². The Hall–Kier alpha value is -1.64. The van der Waals surface area contributed by atoms with E-state index in [4.69, 9.17) is 28.9 Å². The number of aromatic nitrogens is 2.